The van der Waals surface area contributed by atoms with Gasteiger partial charge in [0.15, 0.2) is 0 Å². The number of anilines is 1. The van der Waals surface area contributed by atoms with Crippen molar-refractivity contribution in [3.05, 3.63) is 28.8 Å². The van der Waals surface area contributed by atoms with Gasteiger partial charge in [-0.25, -0.2) is 0 Å². The molecule has 0 aromatic heterocycles. The summed E-state index contributed by atoms with van der Waals surface area (Å²) in [5.74, 6) is 0.383. The number of hydrogen-bond donors (Lipinski definition) is 3. The maximum Gasteiger partial charge on any atom is 0.250 e. The number of benzene rings is 1. The van der Waals surface area contributed by atoms with Crippen LogP contribution in [-0.4, -0.2) is 24.4 Å². The lowest BCUT2D eigenvalue weighted by atomic mass is 9.93. The van der Waals surface area contributed by atoms with Crippen molar-refractivity contribution in [1.82, 2.24) is 5.32 Å². The smallest absolute Gasteiger partial charge is 0.250 e. The van der Waals surface area contributed by atoms with E-state index in [0.29, 0.717) is 17.5 Å². The molecule has 2 amide bonds. The van der Waals surface area contributed by atoms with Crippen molar-refractivity contribution >= 4 is 29.1 Å². The van der Waals surface area contributed by atoms with Crippen LogP contribution in [-0.2, 0) is 4.79 Å². The molecule has 1 aromatic rings. The number of carbonyl (C=O) groups excluding carboxylic acids is 2. The van der Waals surface area contributed by atoms with Gasteiger partial charge in [0.2, 0.25) is 11.8 Å². The van der Waals surface area contributed by atoms with Gasteiger partial charge in [0.25, 0.3) is 0 Å². The monoisotopic (exact) mass is 307 g/mol. The van der Waals surface area contributed by atoms with Crippen LogP contribution in [0.3, 0.4) is 0 Å². The van der Waals surface area contributed by atoms with Crippen LogP contribution in [0, 0.1) is 11.8 Å². The molecule has 1 aliphatic heterocycles. The number of nitrogens with one attached hydrogen (secondary N) is 2. The number of amides is 2. The van der Waals surface area contributed by atoms with Gasteiger partial charge in [-0.05, 0) is 49.4 Å². The molecule has 4 N–H and O–H groups in total. The largest absolute Gasteiger partial charge is 0.366 e. The molecule has 1 aliphatic carbocycles. The highest BCUT2D eigenvalue weighted by Gasteiger charge is 2.42. The second-order valence-corrected chi connectivity index (χ2v) is 6.20. The Balaban J connectivity index is 1.73. The van der Waals surface area contributed by atoms with Crippen LogP contribution in [0.5, 0.6) is 0 Å². The predicted octanol–water partition coefficient (Wildman–Crippen LogP) is 1.77. The highest BCUT2D eigenvalue weighted by Crippen LogP contribution is 2.38. The number of rotatable bonds is 3. The normalized spacial score (nSPS) is 27.4. The first-order chi connectivity index (χ1) is 10.1. The molecule has 6 heteroatoms. The maximum absolute atomic E-state index is 12.4. The van der Waals surface area contributed by atoms with E-state index in [9.17, 15) is 9.59 Å². The standard InChI is InChI=1S/C15H18ClN3O2/c16-12-5-4-9(6-11(12)14(17)20)19-15(21)13-10-3-1-2-8(10)7-18-13/h4-6,8,10,13,18H,1-3,7H2,(H2,17,20)(H,19,21). The molecule has 0 radical (unpaired) electrons. The highest BCUT2D eigenvalue weighted by atomic mass is 35.5. The molecule has 2 aliphatic rings. The Labute approximate surface area is 128 Å². The second-order valence-electron chi connectivity index (χ2n) is 5.79. The average molecular weight is 308 g/mol. The van der Waals surface area contributed by atoms with Crippen molar-refractivity contribution in [2.24, 2.45) is 17.6 Å². The average Bonchev–Trinajstić information content (AvgIpc) is 3.02. The number of nitrogens with two attached hydrogens (primary N) is 1. The van der Waals surface area contributed by atoms with E-state index in [4.69, 9.17) is 17.3 Å². The molecule has 1 aromatic carbocycles. The molecule has 3 unspecified atom stereocenters. The van der Waals surface area contributed by atoms with Gasteiger partial charge in [-0.15, -0.1) is 0 Å². The van der Waals surface area contributed by atoms with Crippen molar-refractivity contribution in [2.45, 2.75) is 25.3 Å². The van der Waals surface area contributed by atoms with Gasteiger partial charge in [0, 0.05) is 5.69 Å². The van der Waals surface area contributed by atoms with Crippen LogP contribution >= 0.6 is 11.6 Å². The fourth-order valence-corrected chi connectivity index (χ4v) is 3.70. The van der Waals surface area contributed by atoms with E-state index in [0.717, 1.165) is 13.0 Å². The van der Waals surface area contributed by atoms with E-state index in [1.54, 1.807) is 12.1 Å². The number of primary amides is 1. The zero-order chi connectivity index (χ0) is 15.0. The number of halogens is 1. The first kappa shape index (κ1) is 14.4. The summed E-state index contributed by atoms with van der Waals surface area (Å²) < 4.78 is 0. The predicted molar refractivity (Wildman–Crippen MR) is 81.2 cm³/mol. The van der Waals surface area contributed by atoms with E-state index in [1.165, 1.54) is 18.9 Å². The zero-order valence-corrected chi connectivity index (χ0v) is 12.3. The van der Waals surface area contributed by atoms with E-state index in [2.05, 4.69) is 10.6 Å². The summed E-state index contributed by atoms with van der Waals surface area (Å²) in [6, 6.07) is 4.61. The third kappa shape index (κ3) is 2.76. The summed E-state index contributed by atoms with van der Waals surface area (Å²) in [7, 11) is 0. The lowest BCUT2D eigenvalue weighted by molar-refractivity contribution is -0.118. The fraction of sp³-hybridized carbons (Fsp3) is 0.467. The Kier molecular flexibility index (Phi) is 3.87. The molecule has 3 atom stereocenters. The van der Waals surface area contributed by atoms with Crippen LogP contribution in [0.1, 0.15) is 29.6 Å². The van der Waals surface area contributed by atoms with Crippen LogP contribution in [0.15, 0.2) is 18.2 Å². The summed E-state index contributed by atoms with van der Waals surface area (Å²) in [5, 5.41) is 6.44. The van der Waals surface area contributed by atoms with Crippen molar-refractivity contribution in [3.8, 4) is 0 Å². The third-order valence-corrected chi connectivity index (χ3v) is 4.86. The van der Waals surface area contributed by atoms with Crippen molar-refractivity contribution in [2.75, 3.05) is 11.9 Å². The van der Waals surface area contributed by atoms with Crippen LogP contribution in [0.25, 0.3) is 0 Å². The summed E-state index contributed by atoms with van der Waals surface area (Å²) in [4.78, 5) is 23.7. The van der Waals surface area contributed by atoms with Gasteiger partial charge in [-0.2, -0.15) is 0 Å². The first-order valence-corrected chi connectivity index (χ1v) is 7.57. The lowest BCUT2D eigenvalue weighted by Crippen LogP contribution is -2.39. The third-order valence-electron chi connectivity index (χ3n) is 4.53. The molecule has 0 spiro atoms. The second kappa shape index (κ2) is 5.66. The molecular weight excluding hydrogens is 290 g/mol. The van der Waals surface area contributed by atoms with E-state index < -0.39 is 5.91 Å². The van der Waals surface area contributed by atoms with Crippen LogP contribution in [0.2, 0.25) is 5.02 Å². The summed E-state index contributed by atoms with van der Waals surface area (Å²) in [6.45, 7) is 0.913. The molecule has 0 bridgehead atoms. The fourth-order valence-electron chi connectivity index (χ4n) is 3.49. The van der Waals surface area contributed by atoms with Gasteiger partial charge < -0.3 is 16.4 Å². The lowest BCUT2D eigenvalue weighted by Gasteiger charge is -2.18. The Hall–Kier alpha value is -1.59. The Morgan fingerprint density at radius 1 is 1.33 bits per heavy atom. The minimum absolute atomic E-state index is 0.0536. The Morgan fingerprint density at radius 3 is 2.90 bits per heavy atom. The first-order valence-electron chi connectivity index (χ1n) is 7.20. The highest BCUT2D eigenvalue weighted by molar-refractivity contribution is 6.34. The number of hydrogen-bond acceptors (Lipinski definition) is 3. The molecule has 21 heavy (non-hydrogen) atoms. The molecule has 3 rings (SSSR count). The molecule has 5 nitrogen and oxygen atoms in total. The Morgan fingerprint density at radius 2 is 2.14 bits per heavy atom. The van der Waals surface area contributed by atoms with Gasteiger partial charge in [0.1, 0.15) is 0 Å². The van der Waals surface area contributed by atoms with Gasteiger partial charge in [-0.1, -0.05) is 18.0 Å². The van der Waals surface area contributed by atoms with Gasteiger partial charge >= 0.3 is 0 Å². The molecule has 2 fully saturated rings. The maximum atomic E-state index is 12.4. The van der Waals surface area contributed by atoms with Crippen molar-refractivity contribution in [3.63, 3.8) is 0 Å². The van der Waals surface area contributed by atoms with Gasteiger partial charge in [0.05, 0.1) is 16.6 Å². The van der Waals surface area contributed by atoms with E-state index >= 15 is 0 Å². The van der Waals surface area contributed by atoms with Crippen LogP contribution < -0.4 is 16.4 Å². The van der Waals surface area contributed by atoms with Gasteiger partial charge in [-0.3, -0.25) is 9.59 Å². The molecule has 1 heterocycles. The zero-order valence-electron chi connectivity index (χ0n) is 11.6. The quantitative estimate of drug-likeness (QED) is 0.795. The number of fused-ring (bicyclic) bond motifs is 1. The summed E-state index contributed by atoms with van der Waals surface area (Å²) in [5.41, 5.74) is 6.02. The summed E-state index contributed by atoms with van der Waals surface area (Å²) >= 11 is 5.90. The van der Waals surface area contributed by atoms with Crippen molar-refractivity contribution in [1.29, 1.82) is 0 Å². The van der Waals surface area contributed by atoms with E-state index in [1.807, 2.05) is 0 Å². The van der Waals surface area contributed by atoms with Crippen molar-refractivity contribution < 1.29 is 9.59 Å². The molecule has 1 saturated heterocycles. The minimum Gasteiger partial charge on any atom is -0.366 e. The molecule has 1 saturated carbocycles. The SMILES string of the molecule is NC(=O)c1cc(NC(=O)C2NCC3CCCC32)ccc1Cl. The van der Waals surface area contributed by atoms with E-state index in [-0.39, 0.29) is 22.5 Å². The minimum atomic E-state index is -0.606. The topological polar surface area (TPSA) is 84.2 Å². The summed E-state index contributed by atoms with van der Waals surface area (Å²) in [6.07, 6.45) is 3.50. The number of carbonyl (C=O) groups is 2. The van der Waals surface area contributed by atoms with Crippen LogP contribution in [0.4, 0.5) is 5.69 Å². The Bertz CT molecular complexity index is 590. The molecule has 112 valence electrons. The molecular formula is C15H18ClN3O2.